The summed E-state index contributed by atoms with van der Waals surface area (Å²) < 4.78 is 2.07. The molecule has 0 radical (unpaired) electrons. The van der Waals surface area contributed by atoms with Gasteiger partial charge in [0.15, 0.2) is 0 Å². The molecule has 0 fully saturated rings. The minimum atomic E-state index is 0.823. The van der Waals surface area contributed by atoms with E-state index >= 15 is 0 Å². The molecule has 1 N–H and O–H groups in total. The topological polar surface area (TPSA) is 29.9 Å². The Morgan fingerprint density at radius 3 is 2.78 bits per heavy atom. The zero-order valence-electron chi connectivity index (χ0n) is 11.4. The van der Waals surface area contributed by atoms with E-state index in [1.165, 1.54) is 22.5 Å². The summed E-state index contributed by atoms with van der Waals surface area (Å²) >= 11 is 0. The van der Waals surface area contributed by atoms with Crippen LogP contribution in [0.15, 0.2) is 30.5 Å². The Hall–Kier alpha value is -1.77. The first-order valence-corrected chi connectivity index (χ1v) is 6.52. The van der Waals surface area contributed by atoms with E-state index in [0.717, 1.165) is 19.5 Å². The van der Waals surface area contributed by atoms with Gasteiger partial charge >= 0.3 is 0 Å². The standard InChI is InChI=1S/C15H21N3/c1-4-9-18-14(7-8-17-18)11-16-15-6-5-12(2)10-13(15)3/h5-8,10,16H,4,9,11H2,1-3H3. The molecular weight excluding hydrogens is 222 g/mol. The highest BCUT2D eigenvalue weighted by atomic mass is 15.3. The van der Waals surface area contributed by atoms with Crippen LogP contribution >= 0.6 is 0 Å². The number of nitrogens with one attached hydrogen (secondary N) is 1. The molecule has 0 saturated heterocycles. The van der Waals surface area contributed by atoms with Gasteiger partial charge in [0.1, 0.15) is 0 Å². The van der Waals surface area contributed by atoms with Crippen molar-refractivity contribution in [1.29, 1.82) is 0 Å². The maximum Gasteiger partial charge on any atom is 0.0575 e. The highest BCUT2D eigenvalue weighted by Crippen LogP contribution is 2.17. The van der Waals surface area contributed by atoms with E-state index in [-0.39, 0.29) is 0 Å². The lowest BCUT2D eigenvalue weighted by molar-refractivity contribution is 0.578. The zero-order valence-corrected chi connectivity index (χ0v) is 11.4. The molecule has 0 aliphatic rings. The van der Waals surface area contributed by atoms with Crippen LogP contribution in [0.1, 0.15) is 30.2 Å². The summed E-state index contributed by atoms with van der Waals surface area (Å²) in [7, 11) is 0. The summed E-state index contributed by atoms with van der Waals surface area (Å²) in [6, 6.07) is 8.56. The molecule has 18 heavy (non-hydrogen) atoms. The summed E-state index contributed by atoms with van der Waals surface area (Å²) in [4.78, 5) is 0. The summed E-state index contributed by atoms with van der Waals surface area (Å²) in [5.74, 6) is 0. The fraction of sp³-hybridized carbons (Fsp3) is 0.400. The average molecular weight is 243 g/mol. The maximum atomic E-state index is 4.33. The number of aryl methyl sites for hydroxylation is 3. The van der Waals surface area contributed by atoms with Crippen molar-refractivity contribution in [1.82, 2.24) is 9.78 Å². The van der Waals surface area contributed by atoms with Crippen molar-refractivity contribution < 1.29 is 0 Å². The third-order valence-corrected chi connectivity index (χ3v) is 3.08. The maximum absolute atomic E-state index is 4.33. The first-order chi connectivity index (χ1) is 8.70. The SMILES string of the molecule is CCCn1nccc1CNc1ccc(C)cc1C. The Labute approximate surface area is 109 Å². The summed E-state index contributed by atoms with van der Waals surface area (Å²) in [6.07, 6.45) is 2.98. The van der Waals surface area contributed by atoms with Crippen LogP contribution in [0, 0.1) is 13.8 Å². The van der Waals surface area contributed by atoms with Crippen LogP contribution in [0.4, 0.5) is 5.69 Å². The Morgan fingerprint density at radius 2 is 2.06 bits per heavy atom. The van der Waals surface area contributed by atoms with Gasteiger partial charge in [-0.1, -0.05) is 24.6 Å². The number of aromatic nitrogens is 2. The van der Waals surface area contributed by atoms with E-state index in [4.69, 9.17) is 0 Å². The van der Waals surface area contributed by atoms with E-state index in [1.807, 2.05) is 6.20 Å². The predicted molar refractivity (Wildman–Crippen MR) is 75.8 cm³/mol. The molecule has 0 bridgehead atoms. The van der Waals surface area contributed by atoms with Crippen molar-refractivity contribution in [3.8, 4) is 0 Å². The van der Waals surface area contributed by atoms with Crippen molar-refractivity contribution in [2.45, 2.75) is 40.3 Å². The molecule has 0 amide bonds. The van der Waals surface area contributed by atoms with Crippen LogP contribution in [0.25, 0.3) is 0 Å². The van der Waals surface area contributed by atoms with E-state index in [2.05, 4.69) is 60.1 Å². The molecular formula is C15H21N3. The summed E-state index contributed by atoms with van der Waals surface area (Å²) in [5.41, 5.74) is 5.02. The number of rotatable bonds is 5. The molecule has 1 aromatic carbocycles. The highest BCUT2D eigenvalue weighted by Gasteiger charge is 2.03. The van der Waals surface area contributed by atoms with Gasteiger partial charge < -0.3 is 5.32 Å². The van der Waals surface area contributed by atoms with Crippen molar-refractivity contribution in [2.24, 2.45) is 0 Å². The van der Waals surface area contributed by atoms with Gasteiger partial charge in [0.25, 0.3) is 0 Å². The Bertz CT molecular complexity index is 514. The van der Waals surface area contributed by atoms with E-state index in [0.29, 0.717) is 0 Å². The second kappa shape index (κ2) is 5.71. The van der Waals surface area contributed by atoms with Gasteiger partial charge in [-0.15, -0.1) is 0 Å². The first-order valence-electron chi connectivity index (χ1n) is 6.52. The molecule has 2 aromatic rings. The molecule has 2 rings (SSSR count). The monoisotopic (exact) mass is 243 g/mol. The molecule has 0 aliphatic heterocycles. The number of hydrogen-bond acceptors (Lipinski definition) is 2. The minimum Gasteiger partial charge on any atom is -0.379 e. The molecule has 0 spiro atoms. The predicted octanol–water partition coefficient (Wildman–Crippen LogP) is 3.52. The van der Waals surface area contributed by atoms with Gasteiger partial charge in [0, 0.05) is 18.4 Å². The van der Waals surface area contributed by atoms with Crippen LogP contribution in [-0.4, -0.2) is 9.78 Å². The van der Waals surface area contributed by atoms with Gasteiger partial charge in [0.05, 0.1) is 12.2 Å². The van der Waals surface area contributed by atoms with Gasteiger partial charge in [0.2, 0.25) is 0 Å². The van der Waals surface area contributed by atoms with Gasteiger partial charge in [-0.25, -0.2) is 0 Å². The van der Waals surface area contributed by atoms with Crippen molar-refractivity contribution in [3.63, 3.8) is 0 Å². The quantitative estimate of drug-likeness (QED) is 0.870. The number of hydrogen-bond donors (Lipinski definition) is 1. The third kappa shape index (κ3) is 2.92. The summed E-state index contributed by atoms with van der Waals surface area (Å²) in [6.45, 7) is 8.23. The second-order valence-corrected chi connectivity index (χ2v) is 4.72. The molecule has 96 valence electrons. The largest absolute Gasteiger partial charge is 0.379 e. The van der Waals surface area contributed by atoms with Gasteiger partial charge in [-0.3, -0.25) is 4.68 Å². The van der Waals surface area contributed by atoms with Crippen molar-refractivity contribution >= 4 is 5.69 Å². The van der Waals surface area contributed by atoms with Crippen LogP contribution in [0.3, 0.4) is 0 Å². The lowest BCUT2D eigenvalue weighted by Gasteiger charge is -2.11. The minimum absolute atomic E-state index is 0.823. The molecule has 3 nitrogen and oxygen atoms in total. The molecule has 0 unspecified atom stereocenters. The first kappa shape index (κ1) is 12.7. The molecule has 0 aliphatic carbocycles. The molecule has 1 heterocycles. The smallest absolute Gasteiger partial charge is 0.0575 e. The van der Waals surface area contributed by atoms with E-state index in [1.54, 1.807) is 0 Å². The lowest BCUT2D eigenvalue weighted by atomic mass is 10.1. The molecule has 0 saturated carbocycles. The average Bonchev–Trinajstić information content (AvgIpc) is 2.76. The Morgan fingerprint density at radius 1 is 1.22 bits per heavy atom. The number of nitrogens with zero attached hydrogens (tertiary/aromatic N) is 2. The summed E-state index contributed by atoms with van der Waals surface area (Å²) in [5, 5.41) is 7.81. The van der Waals surface area contributed by atoms with E-state index in [9.17, 15) is 0 Å². The molecule has 3 heteroatoms. The van der Waals surface area contributed by atoms with Gasteiger partial charge in [-0.05, 0) is 38.0 Å². The van der Waals surface area contributed by atoms with Crippen LogP contribution in [0.2, 0.25) is 0 Å². The molecule has 0 atom stereocenters. The fourth-order valence-electron chi connectivity index (χ4n) is 2.12. The van der Waals surface area contributed by atoms with Crippen LogP contribution < -0.4 is 5.32 Å². The second-order valence-electron chi connectivity index (χ2n) is 4.72. The van der Waals surface area contributed by atoms with E-state index < -0.39 is 0 Å². The zero-order chi connectivity index (χ0) is 13.0. The van der Waals surface area contributed by atoms with Crippen LogP contribution in [0.5, 0.6) is 0 Å². The number of benzene rings is 1. The van der Waals surface area contributed by atoms with Crippen molar-refractivity contribution in [3.05, 3.63) is 47.3 Å². The van der Waals surface area contributed by atoms with Gasteiger partial charge in [-0.2, -0.15) is 5.10 Å². The lowest BCUT2D eigenvalue weighted by Crippen LogP contribution is -2.09. The van der Waals surface area contributed by atoms with Crippen molar-refractivity contribution in [2.75, 3.05) is 5.32 Å². The Kier molecular flexibility index (Phi) is 4.03. The Balaban J connectivity index is 2.04. The number of anilines is 1. The molecule has 1 aromatic heterocycles. The third-order valence-electron chi connectivity index (χ3n) is 3.08. The highest BCUT2D eigenvalue weighted by molar-refractivity contribution is 5.51. The van der Waals surface area contributed by atoms with Crippen LogP contribution in [-0.2, 0) is 13.1 Å². The normalized spacial score (nSPS) is 10.6. The fourth-order valence-corrected chi connectivity index (χ4v) is 2.12.